The van der Waals surface area contributed by atoms with Gasteiger partial charge in [0.2, 0.25) is 0 Å². The second kappa shape index (κ2) is 10.7. The number of rotatable bonds is 8. The molecular weight excluding hydrogens is 522 g/mol. The zero-order valence-corrected chi connectivity index (χ0v) is 22.0. The number of carbonyl (C=O) groups excluding carboxylic acids is 2. The number of thioether (sulfide) groups is 1. The first-order valence-corrected chi connectivity index (χ1v) is 14.1. The van der Waals surface area contributed by atoms with E-state index in [-0.39, 0.29) is 39.7 Å². The first-order chi connectivity index (χ1) is 18.3. The molecule has 4 aromatic rings. The van der Waals surface area contributed by atoms with Crippen LogP contribution >= 0.6 is 11.8 Å². The normalized spacial score (nSPS) is 14.9. The van der Waals surface area contributed by atoms with Crippen molar-refractivity contribution < 1.29 is 26.9 Å². The molecule has 0 N–H and O–H groups in total. The average Bonchev–Trinajstić information content (AvgIpc) is 3.18. The number of imide groups is 1. The number of nitrogens with zero attached hydrogens (tertiary/aromatic N) is 1. The molecule has 0 atom stereocenters. The maximum Gasteiger partial charge on any atom is 0.339 e. The summed E-state index contributed by atoms with van der Waals surface area (Å²) in [5.74, 6) is -0.161. The molecule has 1 aliphatic heterocycles. The summed E-state index contributed by atoms with van der Waals surface area (Å²) >= 11 is 0.861. The second-order valence-electron chi connectivity index (χ2n) is 8.44. The van der Waals surface area contributed by atoms with Gasteiger partial charge in [-0.2, -0.15) is 8.42 Å². The fourth-order valence-electron chi connectivity index (χ4n) is 4.01. The third-order valence-corrected chi connectivity index (χ3v) is 7.98. The van der Waals surface area contributed by atoms with E-state index in [1.807, 2.05) is 42.5 Å². The van der Waals surface area contributed by atoms with Gasteiger partial charge < -0.3 is 8.92 Å². The molecule has 2 amide bonds. The van der Waals surface area contributed by atoms with Crippen molar-refractivity contribution in [3.05, 3.63) is 107 Å². The Balaban J connectivity index is 1.37. The lowest BCUT2D eigenvalue weighted by atomic mass is 10.1. The minimum Gasteiger partial charge on any atom is -0.490 e. The summed E-state index contributed by atoms with van der Waals surface area (Å²) in [5, 5.41) is 1.76. The van der Waals surface area contributed by atoms with Crippen molar-refractivity contribution in [3.8, 4) is 11.5 Å². The van der Waals surface area contributed by atoms with E-state index in [0.29, 0.717) is 5.56 Å². The standard InChI is InChI=1S/C29H23NO6S2/c1-2-35-26-17-20(13-15-25(26)36-38(33,34)24-10-4-3-5-11-24)18-27-28(31)30(29(32)37-27)19-21-12-14-22-8-6-7-9-23(22)16-21/h3-18H,2,19H2,1H3/b27-18-. The van der Waals surface area contributed by atoms with Gasteiger partial charge >= 0.3 is 10.1 Å². The van der Waals surface area contributed by atoms with Crippen LogP contribution in [-0.2, 0) is 21.5 Å². The summed E-state index contributed by atoms with van der Waals surface area (Å²) in [6.45, 7) is 2.20. The van der Waals surface area contributed by atoms with Crippen LogP contribution in [0.5, 0.6) is 11.5 Å². The zero-order valence-electron chi connectivity index (χ0n) is 20.4. The van der Waals surface area contributed by atoms with Gasteiger partial charge in [-0.05, 0) is 77.0 Å². The van der Waals surface area contributed by atoms with Crippen molar-refractivity contribution in [2.45, 2.75) is 18.4 Å². The lowest BCUT2D eigenvalue weighted by Crippen LogP contribution is -2.27. The Labute approximate surface area is 224 Å². The van der Waals surface area contributed by atoms with Gasteiger partial charge in [-0.3, -0.25) is 14.5 Å². The highest BCUT2D eigenvalue weighted by molar-refractivity contribution is 8.18. The fourth-order valence-corrected chi connectivity index (χ4v) is 5.81. The van der Waals surface area contributed by atoms with E-state index in [4.69, 9.17) is 8.92 Å². The Morgan fingerprint density at radius 3 is 2.34 bits per heavy atom. The predicted octanol–water partition coefficient (Wildman–Crippen LogP) is 6.24. The molecule has 1 fully saturated rings. The van der Waals surface area contributed by atoms with Crippen LogP contribution in [0.15, 0.2) is 101 Å². The molecule has 1 heterocycles. The highest BCUT2D eigenvalue weighted by Gasteiger charge is 2.35. The first-order valence-electron chi connectivity index (χ1n) is 11.8. The summed E-state index contributed by atoms with van der Waals surface area (Å²) in [6, 6.07) is 26.2. The summed E-state index contributed by atoms with van der Waals surface area (Å²) < 4.78 is 36.3. The maximum atomic E-state index is 13.1. The quantitative estimate of drug-likeness (QED) is 0.191. The van der Waals surface area contributed by atoms with Gasteiger partial charge in [0.1, 0.15) is 4.90 Å². The van der Waals surface area contributed by atoms with Crippen LogP contribution in [0.4, 0.5) is 4.79 Å². The Morgan fingerprint density at radius 1 is 0.842 bits per heavy atom. The third kappa shape index (κ3) is 5.44. The average molecular weight is 546 g/mol. The van der Waals surface area contributed by atoms with Gasteiger partial charge in [0.25, 0.3) is 11.1 Å². The molecule has 0 radical (unpaired) electrons. The molecule has 0 aromatic heterocycles. The molecule has 0 aliphatic carbocycles. The SMILES string of the molecule is CCOc1cc(/C=C2\SC(=O)N(Cc3ccc4ccccc4c3)C2=O)ccc1OS(=O)(=O)c1ccccc1. The second-order valence-corrected chi connectivity index (χ2v) is 11.0. The van der Waals surface area contributed by atoms with Gasteiger partial charge in [-0.1, -0.05) is 60.7 Å². The van der Waals surface area contributed by atoms with Crippen LogP contribution in [0, 0.1) is 0 Å². The topological polar surface area (TPSA) is 90.0 Å². The molecule has 0 unspecified atom stereocenters. The summed E-state index contributed by atoms with van der Waals surface area (Å²) in [5.41, 5.74) is 1.42. The molecule has 0 spiro atoms. The Kier molecular flexibility index (Phi) is 7.22. The van der Waals surface area contributed by atoms with E-state index in [1.165, 1.54) is 23.1 Å². The molecule has 1 saturated heterocycles. The van der Waals surface area contributed by atoms with Crippen LogP contribution in [-0.4, -0.2) is 31.1 Å². The predicted molar refractivity (Wildman–Crippen MR) is 147 cm³/mol. The fraction of sp³-hybridized carbons (Fsp3) is 0.103. The molecule has 4 aromatic carbocycles. The number of fused-ring (bicyclic) bond motifs is 1. The number of carbonyl (C=O) groups is 2. The van der Waals surface area contributed by atoms with Gasteiger partial charge in [0.15, 0.2) is 11.5 Å². The van der Waals surface area contributed by atoms with Gasteiger partial charge in [0.05, 0.1) is 18.1 Å². The van der Waals surface area contributed by atoms with Crippen molar-refractivity contribution in [2.24, 2.45) is 0 Å². The maximum absolute atomic E-state index is 13.1. The highest BCUT2D eigenvalue weighted by atomic mass is 32.2. The van der Waals surface area contributed by atoms with Gasteiger partial charge in [0, 0.05) is 0 Å². The summed E-state index contributed by atoms with van der Waals surface area (Å²) in [4.78, 5) is 27.3. The smallest absolute Gasteiger partial charge is 0.339 e. The minimum atomic E-state index is -4.06. The molecule has 0 saturated carbocycles. The van der Waals surface area contributed by atoms with E-state index in [9.17, 15) is 18.0 Å². The number of hydrogen-bond acceptors (Lipinski definition) is 7. The summed E-state index contributed by atoms with van der Waals surface area (Å²) in [6.07, 6.45) is 1.59. The van der Waals surface area contributed by atoms with Crippen molar-refractivity contribution in [1.82, 2.24) is 4.90 Å². The van der Waals surface area contributed by atoms with E-state index in [1.54, 1.807) is 43.3 Å². The minimum absolute atomic E-state index is 0.0200. The van der Waals surface area contributed by atoms with Crippen LogP contribution in [0.3, 0.4) is 0 Å². The van der Waals surface area contributed by atoms with Crippen LogP contribution < -0.4 is 8.92 Å². The molecule has 7 nitrogen and oxygen atoms in total. The van der Waals surface area contributed by atoms with Crippen molar-refractivity contribution >= 4 is 49.9 Å². The first kappa shape index (κ1) is 25.6. The Morgan fingerprint density at radius 2 is 1.58 bits per heavy atom. The van der Waals surface area contributed by atoms with Crippen molar-refractivity contribution in [3.63, 3.8) is 0 Å². The van der Waals surface area contributed by atoms with E-state index in [0.717, 1.165) is 28.1 Å². The Bertz CT molecular complexity index is 1670. The molecule has 38 heavy (non-hydrogen) atoms. The monoisotopic (exact) mass is 545 g/mol. The van der Waals surface area contributed by atoms with Crippen molar-refractivity contribution in [2.75, 3.05) is 6.61 Å². The molecule has 9 heteroatoms. The largest absolute Gasteiger partial charge is 0.490 e. The summed E-state index contributed by atoms with van der Waals surface area (Å²) in [7, 11) is -4.06. The van der Waals surface area contributed by atoms with Crippen LogP contribution in [0.2, 0.25) is 0 Å². The molecule has 0 bridgehead atoms. The van der Waals surface area contributed by atoms with E-state index >= 15 is 0 Å². The van der Waals surface area contributed by atoms with Gasteiger partial charge in [-0.15, -0.1) is 0 Å². The number of hydrogen-bond donors (Lipinski definition) is 0. The Hall–Kier alpha value is -4.08. The molecule has 192 valence electrons. The lowest BCUT2D eigenvalue weighted by molar-refractivity contribution is -0.123. The van der Waals surface area contributed by atoms with Crippen LogP contribution in [0.1, 0.15) is 18.1 Å². The number of amides is 2. The molecule has 5 rings (SSSR count). The van der Waals surface area contributed by atoms with Gasteiger partial charge in [-0.25, -0.2) is 0 Å². The molecule has 1 aliphatic rings. The number of benzene rings is 4. The lowest BCUT2D eigenvalue weighted by Gasteiger charge is -2.13. The number of ether oxygens (including phenoxy) is 1. The zero-order chi connectivity index (χ0) is 26.7. The van der Waals surface area contributed by atoms with Crippen molar-refractivity contribution in [1.29, 1.82) is 0 Å². The highest BCUT2D eigenvalue weighted by Crippen LogP contribution is 2.36. The van der Waals surface area contributed by atoms with E-state index < -0.39 is 16.0 Å². The third-order valence-electron chi connectivity index (χ3n) is 5.82. The van der Waals surface area contributed by atoms with E-state index in [2.05, 4.69) is 0 Å². The van der Waals surface area contributed by atoms with Crippen LogP contribution in [0.25, 0.3) is 16.8 Å². The molecular formula is C29H23NO6S2.